The van der Waals surface area contributed by atoms with Crippen molar-refractivity contribution >= 4 is 51.0 Å². The zero-order valence-electron chi connectivity index (χ0n) is 15.2. The van der Waals surface area contributed by atoms with Crippen LogP contribution in [0.5, 0.6) is 11.5 Å². The number of aliphatic carboxylic acids is 1. The second-order valence-electron chi connectivity index (χ2n) is 6.40. The molecule has 1 aromatic rings. The highest BCUT2D eigenvalue weighted by molar-refractivity contribution is 9.10. The van der Waals surface area contributed by atoms with Crippen molar-refractivity contribution in [3.8, 4) is 11.5 Å². The molecule has 1 amide bonds. The summed E-state index contributed by atoms with van der Waals surface area (Å²) in [6.07, 6.45) is 5.92. The van der Waals surface area contributed by atoms with E-state index in [1.165, 1.54) is 19.1 Å². The third-order valence-electron chi connectivity index (χ3n) is 4.33. The monoisotopic (exact) mass is 469 g/mol. The van der Waals surface area contributed by atoms with Gasteiger partial charge >= 0.3 is 5.97 Å². The molecule has 10 heteroatoms. The smallest absolute Gasteiger partial charge is 0.305 e. The van der Waals surface area contributed by atoms with Gasteiger partial charge in [-0.25, -0.2) is 0 Å². The minimum absolute atomic E-state index is 0.206. The molecule has 3 rings (SSSR count). The molecule has 0 aromatic heterocycles. The van der Waals surface area contributed by atoms with Crippen LogP contribution in [0.2, 0.25) is 0 Å². The van der Waals surface area contributed by atoms with Crippen LogP contribution >= 0.6 is 27.7 Å². The molecule has 1 saturated heterocycles. The van der Waals surface area contributed by atoms with E-state index in [0.29, 0.717) is 11.5 Å². The van der Waals surface area contributed by atoms with E-state index < -0.39 is 11.2 Å². The SMILES string of the molecule is COc1cc(C=NN=C2NC(=O)C(CC(=O)O)S2)cc(Br)c1OC1CCCC1. The van der Waals surface area contributed by atoms with Gasteiger partial charge in [0.05, 0.1) is 30.3 Å². The number of carbonyl (C=O) groups is 2. The molecule has 150 valence electrons. The van der Waals surface area contributed by atoms with Gasteiger partial charge in [0.1, 0.15) is 5.25 Å². The summed E-state index contributed by atoms with van der Waals surface area (Å²) >= 11 is 4.58. The lowest BCUT2D eigenvalue weighted by molar-refractivity contribution is -0.138. The highest BCUT2D eigenvalue weighted by Crippen LogP contribution is 2.38. The van der Waals surface area contributed by atoms with Gasteiger partial charge in [-0.3, -0.25) is 9.59 Å². The Bertz CT molecular complexity index is 824. The molecule has 8 nitrogen and oxygen atoms in total. The molecule has 1 aliphatic carbocycles. The summed E-state index contributed by atoms with van der Waals surface area (Å²) in [7, 11) is 1.58. The lowest BCUT2D eigenvalue weighted by Gasteiger charge is -2.17. The number of ether oxygens (including phenoxy) is 2. The lowest BCUT2D eigenvalue weighted by Crippen LogP contribution is -2.26. The molecule has 1 heterocycles. The number of halogens is 1. The zero-order valence-corrected chi connectivity index (χ0v) is 17.6. The van der Waals surface area contributed by atoms with Crippen molar-refractivity contribution in [2.45, 2.75) is 43.5 Å². The van der Waals surface area contributed by atoms with E-state index in [4.69, 9.17) is 14.6 Å². The molecule has 2 N–H and O–H groups in total. The number of methoxy groups -OCH3 is 1. The van der Waals surface area contributed by atoms with Crippen LogP contribution in [0, 0.1) is 0 Å². The third-order valence-corrected chi connectivity index (χ3v) is 5.99. The summed E-state index contributed by atoms with van der Waals surface area (Å²) in [5.41, 5.74) is 0.739. The van der Waals surface area contributed by atoms with Crippen LogP contribution in [0.25, 0.3) is 0 Å². The second-order valence-corrected chi connectivity index (χ2v) is 8.45. The summed E-state index contributed by atoms with van der Waals surface area (Å²) in [6.45, 7) is 0. The molecule has 1 aliphatic heterocycles. The largest absolute Gasteiger partial charge is 0.493 e. The number of amides is 1. The molecule has 0 bridgehead atoms. The van der Waals surface area contributed by atoms with E-state index in [1.807, 2.05) is 6.07 Å². The quantitative estimate of drug-likeness (QED) is 0.468. The van der Waals surface area contributed by atoms with Crippen molar-refractivity contribution in [1.82, 2.24) is 5.32 Å². The first-order valence-corrected chi connectivity index (χ1v) is 10.5. The Balaban J connectivity index is 1.69. The van der Waals surface area contributed by atoms with Crippen molar-refractivity contribution in [3.63, 3.8) is 0 Å². The Kier molecular flexibility index (Phi) is 6.95. The maximum Gasteiger partial charge on any atom is 0.305 e. The average Bonchev–Trinajstić information content (AvgIpc) is 3.27. The molecular formula is C18H20BrN3O5S. The fraction of sp³-hybridized carbons (Fsp3) is 0.444. The van der Waals surface area contributed by atoms with Gasteiger partial charge in [0.15, 0.2) is 16.7 Å². The summed E-state index contributed by atoms with van der Waals surface area (Å²) in [5.74, 6) is -0.137. The summed E-state index contributed by atoms with van der Waals surface area (Å²) in [6, 6.07) is 3.65. The van der Waals surface area contributed by atoms with E-state index in [0.717, 1.165) is 34.6 Å². The van der Waals surface area contributed by atoms with Crippen molar-refractivity contribution in [2.24, 2.45) is 10.2 Å². The lowest BCUT2D eigenvalue weighted by atomic mass is 10.2. The zero-order chi connectivity index (χ0) is 20.1. The van der Waals surface area contributed by atoms with Gasteiger partial charge in [-0.2, -0.15) is 5.10 Å². The predicted molar refractivity (Wildman–Crippen MR) is 110 cm³/mol. The Morgan fingerprint density at radius 1 is 1.43 bits per heavy atom. The fourth-order valence-corrected chi connectivity index (χ4v) is 4.46. The molecule has 1 unspecified atom stereocenters. The number of thioether (sulfide) groups is 1. The van der Waals surface area contributed by atoms with Gasteiger partial charge in [-0.15, -0.1) is 5.10 Å². The Hall–Kier alpha value is -2.07. The maximum absolute atomic E-state index is 11.7. The average molecular weight is 470 g/mol. The standard InChI is InChI=1S/C18H20BrN3O5S/c1-26-13-7-10(6-12(19)16(13)27-11-4-2-3-5-11)9-20-22-18-21-17(25)14(28-18)8-15(23)24/h6-7,9,11,14H,2-5,8H2,1H3,(H,23,24)(H,21,22,25). The number of carbonyl (C=O) groups excluding carboxylic acids is 1. The van der Waals surface area contributed by atoms with Crippen LogP contribution in [-0.2, 0) is 9.59 Å². The van der Waals surface area contributed by atoms with Crippen molar-refractivity contribution < 1.29 is 24.2 Å². The van der Waals surface area contributed by atoms with Crippen LogP contribution < -0.4 is 14.8 Å². The minimum Gasteiger partial charge on any atom is -0.493 e. The van der Waals surface area contributed by atoms with Gasteiger partial charge < -0.3 is 19.9 Å². The third kappa shape index (κ3) is 5.26. The Morgan fingerprint density at radius 2 is 2.18 bits per heavy atom. The molecular weight excluding hydrogens is 450 g/mol. The van der Waals surface area contributed by atoms with Crippen LogP contribution in [0.3, 0.4) is 0 Å². The first-order valence-electron chi connectivity index (χ1n) is 8.81. The topological polar surface area (TPSA) is 110 Å². The first-order chi connectivity index (χ1) is 13.5. The number of carboxylic acids is 1. The number of rotatable bonds is 7. The molecule has 1 atom stereocenters. The van der Waals surface area contributed by atoms with Gasteiger partial charge in [0.25, 0.3) is 0 Å². The predicted octanol–water partition coefficient (Wildman–Crippen LogP) is 3.18. The normalized spacial score (nSPS) is 21.4. The molecule has 1 saturated carbocycles. The van der Waals surface area contributed by atoms with Crippen LogP contribution in [-0.4, -0.2) is 46.8 Å². The molecule has 2 aliphatic rings. The van der Waals surface area contributed by atoms with Crippen molar-refractivity contribution in [2.75, 3.05) is 7.11 Å². The van der Waals surface area contributed by atoms with E-state index in [1.54, 1.807) is 13.2 Å². The van der Waals surface area contributed by atoms with Crippen LogP contribution in [0.15, 0.2) is 26.8 Å². The Morgan fingerprint density at radius 3 is 2.86 bits per heavy atom. The summed E-state index contributed by atoms with van der Waals surface area (Å²) < 4.78 is 12.3. The number of amidine groups is 1. The first kappa shape index (κ1) is 20.7. The number of hydrogen-bond acceptors (Lipinski definition) is 7. The van der Waals surface area contributed by atoms with Crippen LogP contribution in [0.4, 0.5) is 0 Å². The van der Waals surface area contributed by atoms with Crippen molar-refractivity contribution in [3.05, 3.63) is 22.2 Å². The number of nitrogens with zero attached hydrogens (tertiary/aromatic N) is 2. The number of benzene rings is 1. The molecule has 2 fully saturated rings. The molecule has 0 spiro atoms. The van der Waals surface area contributed by atoms with E-state index >= 15 is 0 Å². The summed E-state index contributed by atoms with van der Waals surface area (Å²) in [5, 5.41) is 18.9. The highest BCUT2D eigenvalue weighted by Gasteiger charge is 2.32. The molecule has 0 radical (unpaired) electrons. The van der Waals surface area contributed by atoms with E-state index in [9.17, 15) is 9.59 Å². The Labute approximate surface area is 174 Å². The molecule has 28 heavy (non-hydrogen) atoms. The number of nitrogens with one attached hydrogen (secondary N) is 1. The second kappa shape index (κ2) is 9.42. The summed E-state index contributed by atoms with van der Waals surface area (Å²) in [4.78, 5) is 22.4. The highest BCUT2D eigenvalue weighted by atomic mass is 79.9. The van der Waals surface area contributed by atoms with Gasteiger partial charge in [0, 0.05) is 0 Å². The van der Waals surface area contributed by atoms with Crippen LogP contribution in [0.1, 0.15) is 37.7 Å². The maximum atomic E-state index is 11.7. The van der Waals surface area contributed by atoms with Gasteiger partial charge in [-0.1, -0.05) is 11.8 Å². The van der Waals surface area contributed by atoms with Crippen molar-refractivity contribution in [1.29, 1.82) is 0 Å². The fourth-order valence-electron chi connectivity index (χ4n) is 2.99. The minimum atomic E-state index is -1.03. The number of hydrogen-bond donors (Lipinski definition) is 2. The van der Waals surface area contributed by atoms with Gasteiger partial charge in [-0.05, 0) is 59.3 Å². The van der Waals surface area contributed by atoms with E-state index in [-0.39, 0.29) is 23.6 Å². The van der Waals surface area contributed by atoms with E-state index in [2.05, 4.69) is 31.4 Å². The van der Waals surface area contributed by atoms with Gasteiger partial charge in [0.2, 0.25) is 5.91 Å². The number of carboxylic acid groups (broad SMARTS) is 1. The molecule has 1 aromatic carbocycles.